The van der Waals surface area contributed by atoms with E-state index in [4.69, 9.17) is 11.6 Å². The molecule has 0 aliphatic heterocycles. The van der Waals surface area contributed by atoms with E-state index in [0.29, 0.717) is 0 Å². The summed E-state index contributed by atoms with van der Waals surface area (Å²) in [6, 6.07) is 0.914. The average Bonchev–Trinajstić information content (AvgIpc) is 2.03. The van der Waals surface area contributed by atoms with Crippen molar-refractivity contribution >= 4 is 27.5 Å². The van der Waals surface area contributed by atoms with Gasteiger partial charge in [0.25, 0.3) is 0 Å². The first-order chi connectivity index (χ1) is 5.95. The molecular formula is C7H4BrClF3N. The lowest BCUT2D eigenvalue weighted by Crippen LogP contribution is -2.09. The first-order valence-corrected chi connectivity index (χ1v) is 4.55. The molecule has 0 unspecified atom stereocenters. The summed E-state index contributed by atoms with van der Waals surface area (Å²) in [5.74, 6) is -0.199. The van der Waals surface area contributed by atoms with Gasteiger partial charge in [0.1, 0.15) is 4.60 Å². The molecule has 0 saturated carbocycles. The quantitative estimate of drug-likeness (QED) is 0.563. The number of alkyl halides is 4. The molecule has 0 fully saturated rings. The van der Waals surface area contributed by atoms with Gasteiger partial charge in [0.2, 0.25) is 0 Å². The highest BCUT2D eigenvalue weighted by atomic mass is 79.9. The molecule has 72 valence electrons. The largest absolute Gasteiger partial charge is 0.416 e. The van der Waals surface area contributed by atoms with Crippen molar-refractivity contribution in [3.63, 3.8) is 0 Å². The topological polar surface area (TPSA) is 12.9 Å². The third kappa shape index (κ3) is 2.57. The monoisotopic (exact) mass is 273 g/mol. The molecule has 0 bridgehead atoms. The summed E-state index contributed by atoms with van der Waals surface area (Å²) in [7, 11) is 0. The molecular weight excluding hydrogens is 270 g/mol. The predicted octanol–water partition coefficient (Wildman–Crippen LogP) is 3.60. The van der Waals surface area contributed by atoms with Gasteiger partial charge in [-0.05, 0) is 27.6 Å². The van der Waals surface area contributed by atoms with E-state index < -0.39 is 11.7 Å². The van der Waals surface area contributed by atoms with Crippen LogP contribution in [0.25, 0.3) is 0 Å². The van der Waals surface area contributed by atoms with Gasteiger partial charge < -0.3 is 0 Å². The maximum absolute atomic E-state index is 12.3. The Labute approximate surface area is 86.0 Å². The highest BCUT2D eigenvalue weighted by Crippen LogP contribution is 2.33. The Bertz CT molecular complexity index is 313. The van der Waals surface area contributed by atoms with E-state index in [1.165, 1.54) is 0 Å². The smallest absolute Gasteiger partial charge is 0.249 e. The van der Waals surface area contributed by atoms with Crippen LogP contribution in [0, 0.1) is 0 Å². The normalized spacial score (nSPS) is 11.8. The Hall–Kier alpha value is -0.290. The summed E-state index contributed by atoms with van der Waals surface area (Å²) < 4.78 is 37.1. The van der Waals surface area contributed by atoms with Crippen molar-refractivity contribution in [3.8, 4) is 0 Å². The Kier molecular flexibility index (Phi) is 3.18. The van der Waals surface area contributed by atoms with Gasteiger partial charge in [-0.1, -0.05) is 0 Å². The van der Waals surface area contributed by atoms with Crippen LogP contribution in [0.15, 0.2) is 16.9 Å². The number of hydrogen-bond donors (Lipinski definition) is 0. The molecule has 0 atom stereocenters. The standard InChI is InChI=1S/C7H4BrClF3N/c8-6-1-5(7(10,11)12)4(2-9)3-13-6/h1,3H,2H2. The van der Waals surface area contributed by atoms with Crippen molar-refractivity contribution in [2.24, 2.45) is 0 Å². The average molecular weight is 274 g/mol. The molecule has 0 aliphatic rings. The van der Waals surface area contributed by atoms with Crippen LogP contribution in [0.1, 0.15) is 11.1 Å². The lowest BCUT2D eigenvalue weighted by molar-refractivity contribution is -0.138. The third-order valence-electron chi connectivity index (χ3n) is 1.40. The second-order valence-electron chi connectivity index (χ2n) is 2.30. The summed E-state index contributed by atoms with van der Waals surface area (Å²) >= 11 is 8.20. The van der Waals surface area contributed by atoms with Crippen LogP contribution >= 0.6 is 27.5 Å². The molecule has 6 heteroatoms. The molecule has 0 aromatic carbocycles. The minimum atomic E-state index is -4.38. The minimum absolute atomic E-state index is 0.0163. The van der Waals surface area contributed by atoms with E-state index in [1.54, 1.807) is 0 Å². The number of pyridine rings is 1. The fraction of sp³-hybridized carbons (Fsp3) is 0.286. The van der Waals surface area contributed by atoms with Crippen LogP contribution < -0.4 is 0 Å². The Morgan fingerprint density at radius 3 is 2.54 bits per heavy atom. The number of rotatable bonds is 1. The lowest BCUT2D eigenvalue weighted by atomic mass is 10.1. The SMILES string of the molecule is FC(F)(F)c1cc(Br)ncc1CCl. The molecule has 0 radical (unpaired) electrons. The number of nitrogens with zero attached hydrogens (tertiary/aromatic N) is 1. The van der Waals surface area contributed by atoms with Crippen molar-refractivity contribution in [2.75, 3.05) is 0 Å². The molecule has 1 aromatic rings. The second-order valence-corrected chi connectivity index (χ2v) is 3.38. The molecule has 0 N–H and O–H groups in total. The Morgan fingerprint density at radius 2 is 2.08 bits per heavy atom. The van der Waals surface area contributed by atoms with Crippen LogP contribution in [0.2, 0.25) is 0 Å². The molecule has 13 heavy (non-hydrogen) atoms. The maximum Gasteiger partial charge on any atom is 0.416 e. The summed E-state index contributed by atoms with van der Waals surface area (Å²) in [6.07, 6.45) is -3.27. The van der Waals surface area contributed by atoms with Gasteiger partial charge in [-0.2, -0.15) is 13.2 Å². The van der Waals surface area contributed by atoms with Crippen LogP contribution in [-0.2, 0) is 12.1 Å². The highest BCUT2D eigenvalue weighted by Gasteiger charge is 2.33. The van der Waals surface area contributed by atoms with Gasteiger partial charge in [-0.3, -0.25) is 0 Å². The van der Waals surface area contributed by atoms with E-state index in [0.717, 1.165) is 12.3 Å². The second kappa shape index (κ2) is 3.84. The molecule has 0 amide bonds. The maximum atomic E-state index is 12.3. The Morgan fingerprint density at radius 1 is 1.46 bits per heavy atom. The van der Waals surface area contributed by atoms with E-state index >= 15 is 0 Å². The third-order valence-corrected chi connectivity index (χ3v) is 2.12. The zero-order valence-corrected chi connectivity index (χ0v) is 8.54. The first kappa shape index (κ1) is 10.8. The van der Waals surface area contributed by atoms with E-state index in [-0.39, 0.29) is 16.0 Å². The molecule has 0 aliphatic carbocycles. The fourth-order valence-corrected chi connectivity index (χ4v) is 1.37. The van der Waals surface area contributed by atoms with Gasteiger partial charge in [0.15, 0.2) is 0 Å². The lowest BCUT2D eigenvalue weighted by Gasteiger charge is -2.10. The first-order valence-electron chi connectivity index (χ1n) is 3.22. The van der Waals surface area contributed by atoms with Crippen molar-refractivity contribution in [3.05, 3.63) is 28.0 Å². The summed E-state index contributed by atoms with van der Waals surface area (Å²) in [6.45, 7) is 0. The number of hydrogen-bond acceptors (Lipinski definition) is 1. The summed E-state index contributed by atoms with van der Waals surface area (Å²) in [5, 5.41) is 0. The van der Waals surface area contributed by atoms with Crippen LogP contribution in [-0.4, -0.2) is 4.98 Å². The van der Waals surface area contributed by atoms with Gasteiger partial charge in [0, 0.05) is 12.1 Å². The van der Waals surface area contributed by atoms with Crippen molar-refractivity contribution < 1.29 is 13.2 Å². The Balaban J connectivity index is 3.24. The van der Waals surface area contributed by atoms with Gasteiger partial charge in [-0.15, -0.1) is 11.6 Å². The number of aromatic nitrogens is 1. The molecule has 1 heterocycles. The van der Waals surface area contributed by atoms with E-state index in [1.807, 2.05) is 0 Å². The molecule has 0 spiro atoms. The molecule has 0 saturated heterocycles. The number of halogens is 5. The van der Waals surface area contributed by atoms with Crippen LogP contribution in [0.3, 0.4) is 0 Å². The predicted molar refractivity (Wildman–Crippen MR) is 46.5 cm³/mol. The van der Waals surface area contributed by atoms with Crippen molar-refractivity contribution in [1.29, 1.82) is 0 Å². The molecule has 1 aromatic heterocycles. The van der Waals surface area contributed by atoms with E-state index in [9.17, 15) is 13.2 Å². The van der Waals surface area contributed by atoms with Gasteiger partial charge in [-0.25, -0.2) is 4.98 Å². The van der Waals surface area contributed by atoms with Crippen LogP contribution in [0.4, 0.5) is 13.2 Å². The van der Waals surface area contributed by atoms with Crippen LogP contribution in [0.5, 0.6) is 0 Å². The van der Waals surface area contributed by atoms with Gasteiger partial charge >= 0.3 is 6.18 Å². The highest BCUT2D eigenvalue weighted by molar-refractivity contribution is 9.10. The summed E-state index contributed by atoms with van der Waals surface area (Å²) in [5.41, 5.74) is -0.762. The zero-order chi connectivity index (χ0) is 10.1. The van der Waals surface area contributed by atoms with Crippen molar-refractivity contribution in [2.45, 2.75) is 12.1 Å². The zero-order valence-electron chi connectivity index (χ0n) is 6.20. The molecule has 1 rings (SSSR count). The molecule has 1 nitrogen and oxygen atoms in total. The fourth-order valence-electron chi connectivity index (χ4n) is 0.829. The van der Waals surface area contributed by atoms with Gasteiger partial charge in [0.05, 0.1) is 5.56 Å². The van der Waals surface area contributed by atoms with Crippen molar-refractivity contribution in [1.82, 2.24) is 4.98 Å². The summed E-state index contributed by atoms with van der Waals surface area (Å²) in [4.78, 5) is 3.66. The van der Waals surface area contributed by atoms with E-state index in [2.05, 4.69) is 20.9 Å². The minimum Gasteiger partial charge on any atom is -0.249 e.